The Morgan fingerprint density at radius 1 is 1.06 bits per heavy atom. The highest BCUT2D eigenvalue weighted by Gasteiger charge is 2.40. The molecular weight excluding hydrogens is 478 g/mol. The Labute approximate surface area is 210 Å². The van der Waals surface area contributed by atoms with Gasteiger partial charge in [0.25, 0.3) is 5.91 Å². The predicted molar refractivity (Wildman–Crippen MR) is 140 cm³/mol. The number of nitrogens with one attached hydrogen (secondary N) is 2. The molecule has 1 unspecified atom stereocenters. The highest BCUT2D eigenvalue weighted by Crippen LogP contribution is 2.35. The second-order valence-electron chi connectivity index (χ2n) is 8.25. The largest absolute Gasteiger partial charge is 0.508 e. The molecule has 180 valence electrons. The molecule has 2 aliphatic rings. The minimum Gasteiger partial charge on any atom is -0.508 e. The molecule has 3 N–H and O–H groups in total. The lowest BCUT2D eigenvalue weighted by Gasteiger charge is -2.16. The molecule has 0 radical (unpaired) electrons. The van der Waals surface area contributed by atoms with Crippen molar-refractivity contribution < 1.29 is 19.5 Å². The average Bonchev–Trinajstić information content (AvgIpc) is 3.33. The Kier molecular flexibility index (Phi) is 6.26. The fourth-order valence-corrected chi connectivity index (χ4v) is 4.95. The number of carbonyl (C=O) groups is 3. The van der Waals surface area contributed by atoms with E-state index in [9.17, 15) is 19.5 Å². The lowest BCUT2D eigenvalue weighted by atomic mass is 10.1. The van der Waals surface area contributed by atoms with Crippen LogP contribution >= 0.6 is 11.8 Å². The van der Waals surface area contributed by atoms with Gasteiger partial charge in [-0.15, -0.1) is 10.2 Å². The summed E-state index contributed by atoms with van der Waals surface area (Å²) in [6, 6.07) is 20.6. The van der Waals surface area contributed by atoms with Gasteiger partial charge in [0.15, 0.2) is 10.9 Å². The number of nitrogens with zero attached hydrogens (tertiary/aromatic N) is 3. The molecule has 0 saturated carbocycles. The van der Waals surface area contributed by atoms with E-state index in [4.69, 9.17) is 0 Å². The number of carbonyl (C=O) groups excluding carboxylic acids is 3. The van der Waals surface area contributed by atoms with Gasteiger partial charge in [0.2, 0.25) is 11.8 Å². The molecule has 1 fully saturated rings. The maximum atomic E-state index is 13.3. The third-order valence-electron chi connectivity index (χ3n) is 5.60. The number of benzene rings is 3. The second-order valence-corrected chi connectivity index (χ2v) is 9.42. The lowest BCUT2D eigenvalue weighted by molar-refractivity contribution is -0.121. The summed E-state index contributed by atoms with van der Waals surface area (Å²) in [5.41, 5.74) is 3.48. The highest BCUT2D eigenvalue weighted by atomic mass is 32.2. The molecule has 1 atom stereocenters. The summed E-state index contributed by atoms with van der Waals surface area (Å²) in [6.45, 7) is 1.91. The average molecular weight is 500 g/mol. The first-order valence-corrected chi connectivity index (χ1v) is 12.0. The van der Waals surface area contributed by atoms with Gasteiger partial charge in [-0.2, -0.15) is 0 Å². The SMILES string of the molecule is Cc1ccc2c(c1)/C(=N/N=C1/SC(CC(=O)Nc3ccccc3)C(=O)N1c1ccc(O)cc1)C(=O)N2. The number of aryl methyl sites for hydroxylation is 1. The molecule has 9 nitrogen and oxygen atoms in total. The molecule has 3 aromatic carbocycles. The van der Waals surface area contributed by atoms with Crippen molar-refractivity contribution in [1.29, 1.82) is 0 Å². The number of hydrogen-bond acceptors (Lipinski definition) is 7. The van der Waals surface area contributed by atoms with E-state index >= 15 is 0 Å². The van der Waals surface area contributed by atoms with Gasteiger partial charge in [-0.25, -0.2) is 0 Å². The quantitative estimate of drug-likeness (QED) is 0.460. The van der Waals surface area contributed by atoms with E-state index in [1.165, 1.54) is 17.0 Å². The van der Waals surface area contributed by atoms with Crippen LogP contribution in [0.2, 0.25) is 0 Å². The first-order chi connectivity index (χ1) is 17.4. The number of aromatic hydroxyl groups is 1. The summed E-state index contributed by atoms with van der Waals surface area (Å²) in [5.74, 6) is -1.00. The van der Waals surface area contributed by atoms with Crippen molar-refractivity contribution in [2.45, 2.75) is 18.6 Å². The monoisotopic (exact) mass is 499 g/mol. The summed E-state index contributed by atoms with van der Waals surface area (Å²) in [4.78, 5) is 39.8. The van der Waals surface area contributed by atoms with Gasteiger partial charge in [0.1, 0.15) is 11.0 Å². The van der Waals surface area contributed by atoms with Crippen LogP contribution in [0.3, 0.4) is 0 Å². The molecule has 0 aliphatic carbocycles. The van der Waals surface area contributed by atoms with Crippen molar-refractivity contribution in [1.82, 2.24) is 0 Å². The number of amidine groups is 1. The summed E-state index contributed by atoms with van der Waals surface area (Å²) in [6.07, 6.45) is -0.0783. The number of amides is 3. The van der Waals surface area contributed by atoms with Crippen LogP contribution in [0.1, 0.15) is 17.5 Å². The van der Waals surface area contributed by atoms with Gasteiger partial charge in [-0.1, -0.05) is 41.6 Å². The fraction of sp³-hybridized carbons (Fsp3) is 0.115. The number of phenolic OH excluding ortho intramolecular Hbond substituents is 1. The molecule has 2 aliphatic heterocycles. The third kappa shape index (κ3) is 4.71. The number of rotatable bonds is 5. The summed E-state index contributed by atoms with van der Waals surface area (Å²) in [7, 11) is 0. The van der Waals surface area contributed by atoms with Crippen molar-refractivity contribution in [2.24, 2.45) is 10.2 Å². The second kappa shape index (κ2) is 9.67. The van der Waals surface area contributed by atoms with Crippen molar-refractivity contribution in [2.75, 3.05) is 15.5 Å². The van der Waals surface area contributed by atoms with Crippen molar-refractivity contribution in [3.05, 3.63) is 83.9 Å². The summed E-state index contributed by atoms with van der Waals surface area (Å²) < 4.78 is 0. The number of para-hydroxylation sites is 1. The number of fused-ring (bicyclic) bond motifs is 1. The molecule has 10 heteroatoms. The van der Waals surface area contributed by atoms with E-state index in [0.717, 1.165) is 17.3 Å². The van der Waals surface area contributed by atoms with E-state index in [1.807, 2.05) is 25.1 Å². The Morgan fingerprint density at radius 2 is 1.81 bits per heavy atom. The lowest BCUT2D eigenvalue weighted by Crippen LogP contribution is -2.33. The van der Waals surface area contributed by atoms with Crippen LogP contribution < -0.4 is 15.5 Å². The van der Waals surface area contributed by atoms with E-state index < -0.39 is 5.25 Å². The fourth-order valence-electron chi connectivity index (χ4n) is 3.87. The van der Waals surface area contributed by atoms with E-state index in [1.54, 1.807) is 42.5 Å². The van der Waals surface area contributed by atoms with Gasteiger partial charge in [0, 0.05) is 17.7 Å². The minimum atomic E-state index is -0.742. The van der Waals surface area contributed by atoms with Crippen LogP contribution in [0.15, 0.2) is 83.0 Å². The van der Waals surface area contributed by atoms with Crippen LogP contribution in [0.25, 0.3) is 0 Å². The highest BCUT2D eigenvalue weighted by molar-refractivity contribution is 8.16. The zero-order chi connectivity index (χ0) is 25.2. The molecule has 3 amide bonds. The minimum absolute atomic E-state index is 0.0465. The Balaban J connectivity index is 1.45. The standard InChI is InChI=1S/C26H21N5O4S/c1-15-7-12-20-19(13-15)23(24(34)28-20)29-30-26-31(17-8-10-18(32)11-9-17)25(35)21(36-26)14-22(33)27-16-5-3-2-4-6-16/h2-13,21,32H,14H2,1H3,(H,27,33)(H,28,29,34)/b30-26+. The number of hydrogen-bond donors (Lipinski definition) is 3. The molecular formula is C26H21N5O4S. The summed E-state index contributed by atoms with van der Waals surface area (Å²) >= 11 is 1.10. The number of thioether (sulfide) groups is 1. The molecule has 0 aromatic heterocycles. The zero-order valence-electron chi connectivity index (χ0n) is 19.1. The third-order valence-corrected chi connectivity index (χ3v) is 6.73. The molecule has 36 heavy (non-hydrogen) atoms. The Morgan fingerprint density at radius 3 is 2.56 bits per heavy atom. The Bertz CT molecular complexity index is 1420. The van der Waals surface area contributed by atoms with E-state index in [0.29, 0.717) is 22.6 Å². The molecule has 5 rings (SSSR count). The zero-order valence-corrected chi connectivity index (χ0v) is 20.0. The number of phenols is 1. The molecule has 3 aromatic rings. The number of anilines is 3. The normalized spacial score (nSPS) is 19.0. The molecule has 0 bridgehead atoms. The van der Waals surface area contributed by atoms with Crippen molar-refractivity contribution in [3.8, 4) is 5.75 Å². The van der Waals surface area contributed by atoms with Crippen LogP contribution in [0.5, 0.6) is 5.75 Å². The van der Waals surface area contributed by atoms with Crippen LogP contribution in [-0.2, 0) is 14.4 Å². The van der Waals surface area contributed by atoms with Gasteiger partial charge in [-0.3, -0.25) is 19.3 Å². The molecule has 2 heterocycles. The summed E-state index contributed by atoms with van der Waals surface area (Å²) in [5, 5.41) is 23.2. The first-order valence-electron chi connectivity index (χ1n) is 11.1. The van der Waals surface area contributed by atoms with Gasteiger partial charge in [-0.05, 0) is 55.5 Å². The van der Waals surface area contributed by atoms with Crippen LogP contribution in [0.4, 0.5) is 17.1 Å². The van der Waals surface area contributed by atoms with Gasteiger partial charge in [0.05, 0.1) is 11.4 Å². The molecule has 1 saturated heterocycles. The smallest absolute Gasteiger partial charge is 0.276 e. The van der Waals surface area contributed by atoms with E-state index in [-0.39, 0.29) is 40.8 Å². The van der Waals surface area contributed by atoms with E-state index in [2.05, 4.69) is 20.8 Å². The van der Waals surface area contributed by atoms with Gasteiger partial charge >= 0.3 is 0 Å². The predicted octanol–water partition coefficient (Wildman–Crippen LogP) is 3.89. The van der Waals surface area contributed by atoms with Crippen molar-refractivity contribution in [3.63, 3.8) is 0 Å². The van der Waals surface area contributed by atoms with Crippen LogP contribution in [-0.4, -0.2) is 39.0 Å². The Hall–Kier alpha value is -4.44. The van der Waals surface area contributed by atoms with Crippen molar-refractivity contribution >= 4 is 57.4 Å². The molecule has 0 spiro atoms. The maximum absolute atomic E-state index is 13.3. The van der Waals surface area contributed by atoms with Crippen LogP contribution in [0, 0.1) is 6.92 Å². The topological polar surface area (TPSA) is 123 Å². The van der Waals surface area contributed by atoms with Gasteiger partial charge < -0.3 is 15.7 Å². The maximum Gasteiger partial charge on any atom is 0.276 e. The first kappa shape index (κ1) is 23.3.